The molecule has 0 aliphatic carbocycles. The number of fused-ring (bicyclic) bond motifs is 1. The lowest BCUT2D eigenvalue weighted by Crippen LogP contribution is -2.17. The fourth-order valence-corrected chi connectivity index (χ4v) is 1.56. The first-order valence-electron chi connectivity index (χ1n) is 4.75. The molecule has 3 nitrogen and oxygen atoms in total. The van der Waals surface area contributed by atoms with Crippen molar-refractivity contribution in [3.05, 3.63) is 23.5 Å². The Morgan fingerprint density at radius 1 is 1.40 bits per heavy atom. The molecule has 1 aromatic carbocycles. The third kappa shape index (κ3) is 1.93. The molecule has 15 heavy (non-hydrogen) atoms. The summed E-state index contributed by atoms with van der Waals surface area (Å²) < 4.78 is 24.1. The standard InChI is InChI=1S/C11H11FO3/c1-7(13)6-8-9(12)2-3-10-11(8)15-5-4-14-10/h2-3H,4-6H2,1H3. The number of halogens is 1. The molecule has 0 saturated carbocycles. The zero-order chi connectivity index (χ0) is 10.8. The number of hydrogen-bond acceptors (Lipinski definition) is 3. The highest BCUT2D eigenvalue weighted by Gasteiger charge is 2.20. The Balaban J connectivity index is 2.45. The summed E-state index contributed by atoms with van der Waals surface area (Å²) in [5, 5.41) is 0. The lowest BCUT2D eigenvalue weighted by atomic mass is 10.1. The molecule has 0 fully saturated rings. The van der Waals surface area contributed by atoms with Crippen molar-refractivity contribution >= 4 is 5.78 Å². The Morgan fingerprint density at radius 2 is 2.13 bits per heavy atom. The predicted octanol–water partition coefficient (Wildman–Crippen LogP) is 1.73. The van der Waals surface area contributed by atoms with Gasteiger partial charge in [0.2, 0.25) is 0 Å². The van der Waals surface area contributed by atoms with Crippen LogP contribution in [0.4, 0.5) is 4.39 Å². The van der Waals surface area contributed by atoms with E-state index in [-0.39, 0.29) is 12.2 Å². The molecule has 0 radical (unpaired) electrons. The van der Waals surface area contributed by atoms with Gasteiger partial charge in [0, 0.05) is 12.0 Å². The molecule has 0 spiro atoms. The Morgan fingerprint density at radius 3 is 2.87 bits per heavy atom. The van der Waals surface area contributed by atoms with Crippen molar-refractivity contribution in [1.29, 1.82) is 0 Å². The van der Waals surface area contributed by atoms with Gasteiger partial charge in [-0.05, 0) is 19.1 Å². The second-order valence-corrected chi connectivity index (χ2v) is 3.43. The predicted molar refractivity (Wildman–Crippen MR) is 51.8 cm³/mol. The van der Waals surface area contributed by atoms with Crippen LogP contribution < -0.4 is 9.47 Å². The Labute approximate surface area is 86.8 Å². The summed E-state index contributed by atoms with van der Waals surface area (Å²) >= 11 is 0. The molecule has 80 valence electrons. The summed E-state index contributed by atoms with van der Waals surface area (Å²) in [7, 11) is 0. The van der Waals surface area contributed by atoms with E-state index in [0.717, 1.165) is 0 Å². The normalized spacial score (nSPS) is 13.7. The molecule has 0 saturated heterocycles. The molecule has 0 amide bonds. The van der Waals surface area contributed by atoms with Gasteiger partial charge in [-0.25, -0.2) is 4.39 Å². The molecular weight excluding hydrogens is 199 g/mol. The molecule has 1 aromatic rings. The van der Waals surface area contributed by atoms with Crippen LogP contribution in [-0.4, -0.2) is 19.0 Å². The zero-order valence-electron chi connectivity index (χ0n) is 8.38. The quantitative estimate of drug-likeness (QED) is 0.745. The van der Waals surface area contributed by atoms with Gasteiger partial charge in [0.05, 0.1) is 0 Å². The molecule has 1 aliphatic heterocycles. The van der Waals surface area contributed by atoms with Crippen LogP contribution in [0.15, 0.2) is 12.1 Å². The van der Waals surface area contributed by atoms with Crippen molar-refractivity contribution < 1.29 is 18.7 Å². The highest BCUT2D eigenvalue weighted by molar-refractivity contribution is 5.79. The number of hydrogen-bond donors (Lipinski definition) is 0. The molecule has 0 atom stereocenters. The van der Waals surface area contributed by atoms with Gasteiger partial charge in [-0.2, -0.15) is 0 Å². The average Bonchev–Trinajstić information content (AvgIpc) is 2.22. The van der Waals surface area contributed by atoms with Crippen molar-refractivity contribution in [2.45, 2.75) is 13.3 Å². The summed E-state index contributed by atoms with van der Waals surface area (Å²) in [5.74, 6) is 0.362. The van der Waals surface area contributed by atoms with Gasteiger partial charge < -0.3 is 9.47 Å². The minimum Gasteiger partial charge on any atom is -0.486 e. The average molecular weight is 210 g/mol. The number of benzene rings is 1. The highest BCUT2D eigenvalue weighted by atomic mass is 19.1. The summed E-state index contributed by atoms with van der Waals surface area (Å²) in [4.78, 5) is 11.0. The maximum atomic E-state index is 13.5. The minimum absolute atomic E-state index is 0.0400. The number of rotatable bonds is 2. The second kappa shape index (κ2) is 3.88. The number of carbonyl (C=O) groups excluding carboxylic acids is 1. The van der Waals surface area contributed by atoms with E-state index in [1.54, 1.807) is 0 Å². The minimum atomic E-state index is -0.422. The van der Waals surface area contributed by atoms with Gasteiger partial charge in [0.25, 0.3) is 0 Å². The molecule has 0 N–H and O–H groups in total. The van der Waals surface area contributed by atoms with Crippen LogP contribution in [-0.2, 0) is 11.2 Å². The van der Waals surface area contributed by atoms with Crippen LogP contribution in [0.25, 0.3) is 0 Å². The van der Waals surface area contributed by atoms with E-state index in [0.29, 0.717) is 30.3 Å². The number of carbonyl (C=O) groups is 1. The number of ether oxygens (including phenoxy) is 2. The molecule has 0 bridgehead atoms. The first-order valence-corrected chi connectivity index (χ1v) is 4.75. The van der Waals surface area contributed by atoms with Gasteiger partial charge in [-0.15, -0.1) is 0 Å². The summed E-state index contributed by atoms with van der Waals surface area (Å²) in [6.45, 7) is 2.27. The van der Waals surface area contributed by atoms with Crippen molar-refractivity contribution in [2.24, 2.45) is 0 Å². The van der Waals surface area contributed by atoms with Crippen molar-refractivity contribution in [3.8, 4) is 11.5 Å². The zero-order valence-corrected chi connectivity index (χ0v) is 8.38. The molecular formula is C11H11FO3. The van der Waals surface area contributed by atoms with Crippen molar-refractivity contribution in [2.75, 3.05) is 13.2 Å². The Bertz CT molecular complexity index is 401. The molecule has 0 aromatic heterocycles. The van der Waals surface area contributed by atoms with Crippen molar-refractivity contribution in [3.63, 3.8) is 0 Å². The van der Waals surface area contributed by atoms with Gasteiger partial charge in [0.1, 0.15) is 24.8 Å². The second-order valence-electron chi connectivity index (χ2n) is 3.43. The lowest BCUT2D eigenvalue weighted by molar-refractivity contribution is -0.116. The van der Waals surface area contributed by atoms with Gasteiger partial charge in [-0.3, -0.25) is 4.79 Å². The van der Waals surface area contributed by atoms with E-state index >= 15 is 0 Å². The highest BCUT2D eigenvalue weighted by Crippen LogP contribution is 2.35. The van der Waals surface area contributed by atoms with Gasteiger partial charge in [0.15, 0.2) is 11.5 Å². The third-order valence-electron chi connectivity index (χ3n) is 2.18. The van der Waals surface area contributed by atoms with Crippen LogP contribution in [0.1, 0.15) is 12.5 Å². The first-order chi connectivity index (χ1) is 7.18. The first kappa shape index (κ1) is 9.96. The summed E-state index contributed by atoms with van der Waals surface area (Å²) in [6.07, 6.45) is 0.0400. The molecule has 4 heteroatoms. The monoisotopic (exact) mass is 210 g/mol. The van der Waals surface area contributed by atoms with Crippen molar-refractivity contribution in [1.82, 2.24) is 0 Å². The van der Waals surface area contributed by atoms with Gasteiger partial charge in [-0.1, -0.05) is 0 Å². The molecule has 0 unspecified atom stereocenters. The number of ketones is 1. The summed E-state index contributed by atoms with van der Waals surface area (Å²) in [6, 6.07) is 2.82. The maximum Gasteiger partial charge on any atom is 0.167 e. The fourth-order valence-electron chi connectivity index (χ4n) is 1.56. The van der Waals surface area contributed by atoms with Crippen LogP contribution in [0.2, 0.25) is 0 Å². The third-order valence-corrected chi connectivity index (χ3v) is 2.18. The molecule has 1 aliphatic rings. The molecule has 1 heterocycles. The Kier molecular flexibility index (Phi) is 2.58. The summed E-state index contributed by atoms with van der Waals surface area (Å²) in [5.41, 5.74) is 0.291. The van der Waals surface area contributed by atoms with Crippen LogP contribution in [0, 0.1) is 5.82 Å². The van der Waals surface area contributed by atoms with E-state index in [4.69, 9.17) is 9.47 Å². The van der Waals surface area contributed by atoms with E-state index in [2.05, 4.69) is 0 Å². The van der Waals surface area contributed by atoms with Gasteiger partial charge >= 0.3 is 0 Å². The topological polar surface area (TPSA) is 35.5 Å². The lowest BCUT2D eigenvalue weighted by Gasteiger charge is -2.20. The van der Waals surface area contributed by atoms with E-state index in [1.165, 1.54) is 19.1 Å². The van der Waals surface area contributed by atoms with E-state index in [9.17, 15) is 9.18 Å². The van der Waals surface area contributed by atoms with Crippen LogP contribution >= 0.6 is 0 Å². The maximum absolute atomic E-state index is 13.5. The largest absolute Gasteiger partial charge is 0.486 e. The SMILES string of the molecule is CC(=O)Cc1c(F)ccc2c1OCCO2. The number of Topliss-reactive ketones (excluding diaryl/α,β-unsaturated/α-hetero) is 1. The van der Waals surface area contributed by atoms with E-state index < -0.39 is 5.82 Å². The van der Waals surface area contributed by atoms with Crippen LogP contribution in [0.5, 0.6) is 11.5 Å². The Hall–Kier alpha value is -1.58. The van der Waals surface area contributed by atoms with Crippen LogP contribution in [0.3, 0.4) is 0 Å². The molecule has 2 rings (SSSR count). The smallest absolute Gasteiger partial charge is 0.167 e. The van der Waals surface area contributed by atoms with E-state index in [1.807, 2.05) is 0 Å². The fraction of sp³-hybridized carbons (Fsp3) is 0.364.